The Balaban J connectivity index is 2.26. The molecule has 11 heteroatoms. The number of amides is 2. The number of sulfonamides is 1. The van der Waals surface area contributed by atoms with Crippen molar-refractivity contribution in [3.63, 3.8) is 0 Å². The molecule has 0 aliphatic carbocycles. The average molecular weight is 436 g/mol. The van der Waals surface area contributed by atoms with Gasteiger partial charge in [-0.25, -0.2) is 17.6 Å². The summed E-state index contributed by atoms with van der Waals surface area (Å²) in [6.07, 6.45) is 0.294. The van der Waals surface area contributed by atoms with Crippen molar-refractivity contribution in [1.82, 2.24) is 9.21 Å². The molecule has 1 heterocycles. The SMILES string of the molecule is CC(C)(C)OC(=O)N1CCN(S(C)(=O)=O)CC1C(=O)Nc1ccc(Cl)c(F)c1. The summed E-state index contributed by atoms with van der Waals surface area (Å²) < 4.78 is 43.9. The molecular formula is C17H23ClFN3O5S. The quantitative estimate of drug-likeness (QED) is 0.785. The molecule has 1 saturated heterocycles. The minimum atomic E-state index is -3.56. The molecule has 1 fully saturated rings. The number of anilines is 1. The number of hydrogen-bond acceptors (Lipinski definition) is 5. The van der Waals surface area contributed by atoms with Crippen LogP contribution in [0.1, 0.15) is 20.8 Å². The third kappa shape index (κ3) is 5.79. The number of carbonyl (C=O) groups is 2. The molecule has 156 valence electrons. The van der Waals surface area contributed by atoms with E-state index in [1.807, 2.05) is 0 Å². The predicted octanol–water partition coefficient (Wildman–Crippen LogP) is 2.30. The molecule has 0 radical (unpaired) electrons. The predicted molar refractivity (Wildman–Crippen MR) is 103 cm³/mol. The van der Waals surface area contributed by atoms with E-state index in [4.69, 9.17) is 16.3 Å². The van der Waals surface area contributed by atoms with Crippen LogP contribution in [0.3, 0.4) is 0 Å². The molecule has 2 rings (SSSR count). The van der Waals surface area contributed by atoms with Gasteiger partial charge in [0.2, 0.25) is 15.9 Å². The van der Waals surface area contributed by atoms with Gasteiger partial charge in [0.25, 0.3) is 0 Å². The Morgan fingerprint density at radius 2 is 1.93 bits per heavy atom. The first-order chi connectivity index (χ1) is 12.8. The zero-order valence-corrected chi connectivity index (χ0v) is 17.6. The van der Waals surface area contributed by atoms with E-state index in [9.17, 15) is 22.4 Å². The van der Waals surface area contributed by atoms with Crippen LogP contribution >= 0.6 is 11.6 Å². The average Bonchev–Trinajstić information content (AvgIpc) is 2.55. The zero-order valence-electron chi connectivity index (χ0n) is 16.0. The van der Waals surface area contributed by atoms with Crippen molar-refractivity contribution in [2.75, 3.05) is 31.2 Å². The van der Waals surface area contributed by atoms with Crippen LogP contribution in [0.5, 0.6) is 0 Å². The van der Waals surface area contributed by atoms with Crippen LogP contribution in [0.15, 0.2) is 18.2 Å². The third-order valence-corrected chi connectivity index (χ3v) is 5.51. The molecule has 1 atom stereocenters. The van der Waals surface area contributed by atoms with E-state index in [0.29, 0.717) is 0 Å². The topological polar surface area (TPSA) is 96.0 Å². The maximum Gasteiger partial charge on any atom is 0.411 e. The maximum atomic E-state index is 13.6. The van der Waals surface area contributed by atoms with E-state index in [1.54, 1.807) is 20.8 Å². The first-order valence-corrected chi connectivity index (χ1v) is 10.7. The number of piperazine rings is 1. The standard InChI is InChI=1S/C17H23ClFN3O5S/c1-17(2,3)27-16(24)22-8-7-21(28(4,25)26)10-14(22)15(23)20-11-5-6-12(18)13(19)9-11/h5-6,9,14H,7-8,10H2,1-4H3,(H,20,23). The van der Waals surface area contributed by atoms with E-state index in [0.717, 1.165) is 16.6 Å². The van der Waals surface area contributed by atoms with E-state index >= 15 is 0 Å². The summed E-state index contributed by atoms with van der Waals surface area (Å²) in [4.78, 5) is 26.5. The van der Waals surface area contributed by atoms with Crippen molar-refractivity contribution in [3.8, 4) is 0 Å². The van der Waals surface area contributed by atoms with Crippen LogP contribution in [-0.2, 0) is 19.6 Å². The number of nitrogens with one attached hydrogen (secondary N) is 1. The van der Waals surface area contributed by atoms with Crippen molar-refractivity contribution >= 4 is 39.3 Å². The van der Waals surface area contributed by atoms with Crippen LogP contribution in [0, 0.1) is 5.82 Å². The minimum Gasteiger partial charge on any atom is -0.444 e. The lowest BCUT2D eigenvalue weighted by Crippen LogP contribution is -2.60. The summed E-state index contributed by atoms with van der Waals surface area (Å²) in [5.74, 6) is -1.38. The van der Waals surface area contributed by atoms with Gasteiger partial charge in [0.15, 0.2) is 0 Å². The van der Waals surface area contributed by atoms with Gasteiger partial charge in [-0.3, -0.25) is 9.69 Å². The Hall–Kier alpha value is -1.91. The van der Waals surface area contributed by atoms with E-state index in [-0.39, 0.29) is 30.3 Å². The summed E-state index contributed by atoms with van der Waals surface area (Å²) in [5, 5.41) is 2.39. The number of benzene rings is 1. The Labute approximate surface area is 168 Å². The number of nitrogens with zero attached hydrogens (tertiary/aromatic N) is 2. The molecule has 1 unspecified atom stereocenters. The lowest BCUT2D eigenvalue weighted by Gasteiger charge is -2.39. The maximum absolute atomic E-state index is 13.6. The fourth-order valence-corrected chi connectivity index (χ4v) is 3.56. The second-order valence-corrected chi connectivity index (χ2v) is 9.82. The lowest BCUT2D eigenvalue weighted by molar-refractivity contribution is -0.122. The van der Waals surface area contributed by atoms with E-state index < -0.39 is 39.5 Å². The Bertz CT molecular complexity index is 872. The summed E-state index contributed by atoms with van der Waals surface area (Å²) in [5.41, 5.74) is -0.654. The summed E-state index contributed by atoms with van der Waals surface area (Å²) in [6.45, 7) is 4.84. The second kappa shape index (κ2) is 8.22. The van der Waals surface area contributed by atoms with Gasteiger partial charge in [-0.05, 0) is 39.0 Å². The van der Waals surface area contributed by atoms with Crippen LogP contribution < -0.4 is 5.32 Å². The first kappa shape index (κ1) is 22.4. The number of ether oxygens (including phenoxy) is 1. The Kier molecular flexibility index (Phi) is 6.57. The number of hydrogen-bond donors (Lipinski definition) is 1. The molecule has 1 N–H and O–H groups in total. The molecular weight excluding hydrogens is 413 g/mol. The van der Waals surface area contributed by atoms with Gasteiger partial charge in [-0.15, -0.1) is 0 Å². The van der Waals surface area contributed by atoms with Crippen molar-refractivity contribution < 1.29 is 27.1 Å². The lowest BCUT2D eigenvalue weighted by atomic mass is 10.1. The van der Waals surface area contributed by atoms with Crippen molar-refractivity contribution in [2.24, 2.45) is 0 Å². The van der Waals surface area contributed by atoms with Gasteiger partial charge in [-0.1, -0.05) is 11.6 Å². The van der Waals surface area contributed by atoms with Crippen LogP contribution in [0.25, 0.3) is 0 Å². The van der Waals surface area contributed by atoms with Gasteiger partial charge in [0.05, 0.1) is 11.3 Å². The van der Waals surface area contributed by atoms with Gasteiger partial charge >= 0.3 is 6.09 Å². The highest BCUT2D eigenvalue weighted by atomic mass is 35.5. The largest absolute Gasteiger partial charge is 0.444 e. The number of rotatable bonds is 3. The molecule has 0 bridgehead atoms. The zero-order chi connectivity index (χ0) is 21.3. The number of carbonyl (C=O) groups excluding carboxylic acids is 2. The number of halogens is 2. The summed E-state index contributed by atoms with van der Waals surface area (Å²) >= 11 is 5.63. The highest BCUT2D eigenvalue weighted by molar-refractivity contribution is 7.88. The normalized spacial score (nSPS) is 18.6. The van der Waals surface area contributed by atoms with Gasteiger partial charge in [0.1, 0.15) is 17.5 Å². The molecule has 2 amide bonds. The molecule has 1 aromatic carbocycles. The van der Waals surface area contributed by atoms with Gasteiger partial charge in [-0.2, -0.15) is 4.31 Å². The fraction of sp³-hybridized carbons (Fsp3) is 0.529. The van der Waals surface area contributed by atoms with Crippen molar-refractivity contribution in [3.05, 3.63) is 29.0 Å². The molecule has 1 aliphatic rings. The Morgan fingerprint density at radius 1 is 1.29 bits per heavy atom. The summed E-state index contributed by atoms with van der Waals surface area (Å²) in [7, 11) is -3.56. The monoisotopic (exact) mass is 435 g/mol. The molecule has 28 heavy (non-hydrogen) atoms. The van der Waals surface area contributed by atoms with Gasteiger partial charge in [0, 0.05) is 25.3 Å². The highest BCUT2D eigenvalue weighted by Crippen LogP contribution is 2.21. The molecule has 0 saturated carbocycles. The van der Waals surface area contributed by atoms with Crippen molar-refractivity contribution in [2.45, 2.75) is 32.4 Å². The van der Waals surface area contributed by atoms with Crippen LogP contribution in [-0.4, -0.2) is 67.2 Å². The summed E-state index contributed by atoms with van der Waals surface area (Å²) in [6, 6.07) is 2.58. The third-order valence-electron chi connectivity index (χ3n) is 3.93. The van der Waals surface area contributed by atoms with Crippen LogP contribution in [0.2, 0.25) is 5.02 Å². The Morgan fingerprint density at radius 3 is 2.46 bits per heavy atom. The second-order valence-electron chi connectivity index (χ2n) is 7.43. The van der Waals surface area contributed by atoms with E-state index in [2.05, 4.69) is 5.32 Å². The molecule has 8 nitrogen and oxygen atoms in total. The first-order valence-electron chi connectivity index (χ1n) is 8.48. The smallest absolute Gasteiger partial charge is 0.411 e. The fourth-order valence-electron chi connectivity index (χ4n) is 2.62. The van der Waals surface area contributed by atoms with Gasteiger partial charge < -0.3 is 10.1 Å². The molecule has 1 aliphatic heterocycles. The molecule has 0 spiro atoms. The molecule has 0 aromatic heterocycles. The molecule has 1 aromatic rings. The van der Waals surface area contributed by atoms with Crippen molar-refractivity contribution in [1.29, 1.82) is 0 Å². The van der Waals surface area contributed by atoms with E-state index in [1.165, 1.54) is 17.0 Å². The van der Waals surface area contributed by atoms with Crippen LogP contribution in [0.4, 0.5) is 14.9 Å². The minimum absolute atomic E-state index is 0.0188. The highest BCUT2D eigenvalue weighted by Gasteiger charge is 2.40.